The van der Waals surface area contributed by atoms with Gasteiger partial charge in [0.15, 0.2) is 0 Å². The third-order valence-corrected chi connectivity index (χ3v) is 3.04. The quantitative estimate of drug-likeness (QED) is 0.533. The molecule has 1 aromatic carbocycles. The normalized spacial score (nSPS) is 9.94. The first-order chi connectivity index (χ1) is 7.84. The van der Waals surface area contributed by atoms with Crippen LogP contribution in [0.3, 0.4) is 0 Å². The molecule has 17 heavy (non-hydrogen) atoms. The van der Waals surface area contributed by atoms with Crippen LogP contribution < -0.4 is 0 Å². The maximum absolute atomic E-state index is 9.58. The minimum atomic E-state index is 0. The zero-order chi connectivity index (χ0) is 11.6. The van der Waals surface area contributed by atoms with Crippen LogP contribution in [0.2, 0.25) is 0 Å². The molecule has 2 heteroatoms. The Bertz CT molecular complexity index is 286. The smallest absolute Gasteiger partial charge is 0.118 e. The molecule has 0 saturated carbocycles. The first-order valence-electron chi connectivity index (χ1n) is 6.61. The number of para-hydroxylation sites is 1. The van der Waals surface area contributed by atoms with E-state index in [1.165, 1.54) is 44.9 Å². The molecule has 1 radical (unpaired) electrons. The molecule has 0 atom stereocenters. The van der Waals surface area contributed by atoms with E-state index in [9.17, 15) is 5.11 Å². The Morgan fingerprint density at radius 3 is 2.12 bits per heavy atom. The minimum absolute atomic E-state index is 0. The van der Waals surface area contributed by atoms with E-state index in [0.717, 1.165) is 12.0 Å². The van der Waals surface area contributed by atoms with Gasteiger partial charge in [0, 0.05) is 29.6 Å². The van der Waals surface area contributed by atoms with Crippen LogP contribution in [0.15, 0.2) is 24.3 Å². The fourth-order valence-electron chi connectivity index (χ4n) is 1.99. The van der Waals surface area contributed by atoms with Crippen LogP contribution in [0.4, 0.5) is 0 Å². The summed E-state index contributed by atoms with van der Waals surface area (Å²) in [5.74, 6) is 0.452. The number of benzene rings is 1. The maximum Gasteiger partial charge on any atom is 0.118 e. The molecule has 0 spiro atoms. The summed E-state index contributed by atoms with van der Waals surface area (Å²) in [5, 5.41) is 9.58. The van der Waals surface area contributed by atoms with Crippen molar-refractivity contribution in [3.8, 4) is 5.75 Å². The molecule has 0 bridgehead atoms. The summed E-state index contributed by atoms with van der Waals surface area (Å²) in [6.07, 6.45) is 10.3. The first kappa shape index (κ1) is 17.0. The van der Waals surface area contributed by atoms with Crippen LogP contribution in [-0.2, 0) is 6.42 Å². The number of hydrogen-bond donors (Lipinski definition) is 1. The fourth-order valence-corrected chi connectivity index (χ4v) is 1.99. The van der Waals surface area contributed by atoms with Crippen molar-refractivity contribution in [1.82, 2.24) is 0 Å². The van der Waals surface area contributed by atoms with Gasteiger partial charge in [0.1, 0.15) is 5.75 Å². The number of phenols is 1. The van der Waals surface area contributed by atoms with Gasteiger partial charge < -0.3 is 5.11 Å². The minimum Gasteiger partial charge on any atom is -0.508 e. The summed E-state index contributed by atoms with van der Waals surface area (Å²) >= 11 is 0. The van der Waals surface area contributed by atoms with Crippen LogP contribution in [0, 0.1) is 0 Å². The van der Waals surface area contributed by atoms with Gasteiger partial charge in [0.2, 0.25) is 0 Å². The predicted molar refractivity (Wildman–Crippen MR) is 75.6 cm³/mol. The van der Waals surface area contributed by atoms with E-state index in [-0.39, 0.29) is 29.6 Å². The standard InChI is InChI=1S/C15H24O.Na/c1-2-3-4-5-6-7-8-11-14-12-9-10-13-15(14)16;/h9-10,12-13,16H,2-8,11H2,1H3;. The van der Waals surface area contributed by atoms with Crippen molar-refractivity contribution in [3.05, 3.63) is 29.8 Å². The zero-order valence-electron chi connectivity index (χ0n) is 11.4. The average molecular weight is 243 g/mol. The molecular formula is C15H24NaO. The first-order valence-corrected chi connectivity index (χ1v) is 6.61. The van der Waals surface area contributed by atoms with Crippen molar-refractivity contribution in [1.29, 1.82) is 0 Å². The predicted octanol–water partition coefficient (Wildman–Crippen LogP) is 4.30. The van der Waals surface area contributed by atoms with E-state index in [1.54, 1.807) is 6.07 Å². The van der Waals surface area contributed by atoms with E-state index < -0.39 is 0 Å². The van der Waals surface area contributed by atoms with Gasteiger partial charge in [-0.2, -0.15) is 0 Å². The summed E-state index contributed by atoms with van der Waals surface area (Å²) in [6.45, 7) is 2.25. The van der Waals surface area contributed by atoms with Crippen LogP contribution in [0.5, 0.6) is 5.75 Å². The molecule has 0 fully saturated rings. The monoisotopic (exact) mass is 243 g/mol. The van der Waals surface area contributed by atoms with Crippen LogP contribution in [-0.4, -0.2) is 34.7 Å². The molecule has 0 aliphatic carbocycles. The molecule has 0 aromatic heterocycles. The molecular weight excluding hydrogens is 219 g/mol. The van der Waals surface area contributed by atoms with Gasteiger partial charge in [0.25, 0.3) is 0 Å². The van der Waals surface area contributed by atoms with Crippen LogP contribution in [0.25, 0.3) is 0 Å². The molecule has 0 aliphatic heterocycles. The fraction of sp³-hybridized carbons (Fsp3) is 0.600. The van der Waals surface area contributed by atoms with Crippen molar-refractivity contribution in [2.24, 2.45) is 0 Å². The number of unbranched alkanes of at least 4 members (excludes halogenated alkanes) is 6. The van der Waals surface area contributed by atoms with Crippen LogP contribution in [0.1, 0.15) is 57.4 Å². The average Bonchev–Trinajstić information content (AvgIpc) is 2.30. The third kappa shape index (κ3) is 7.86. The second kappa shape index (κ2) is 11.1. The summed E-state index contributed by atoms with van der Waals surface area (Å²) in [6, 6.07) is 7.67. The SMILES string of the molecule is CCCCCCCCCc1ccccc1O.[Na]. The Kier molecular flexibility index (Phi) is 11.1. The summed E-state index contributed by atoms with van der Waals surface area (Å²) < 4.78 is 0. The maximum atomic E-state index is 9.58. The molecule has 91 valence electrons. The second-order valence-corrected chi connectivity index (χ2v) is 4.50. The van der Waals surface area contributed by atoms with Gasteiger partial charge in [-0.25, -0.2) is 0 Å². The van der Waals surface area contributed by atoms with Gasteiger partial charge in [-0.1, -0.05) is 63.6 Å². The van der Waals surface area contributed by atoms with E-state index in [2.05, 4.69) is 6.92 Å². The largest absolute Gasteiger partial charge is 0.508 e. The Balaban J connectivity index is 0.00000256. The topological polar surface area (TPSA) is 20.2 Å². The molecule has 0 amide bonds. The molecule has 0 unspecified atom stereocenters. The Morgan fingerprint density at radius 2 is 1.47 bits per heavy atom. The second-order valence-electron chi connectivity index (χ2n) is 4.50. The molecule has 1 N–H and O–H groups in total. The number of hydrogen-bond acceptors (Lipinski definition) is 1. The molecule has 0 aliphatic rings. The number of phenolic OH excluding ortho intramolecular Hbond substituents is 1. The summed E-state index contributed by atoms with van der Waals surface area (Å²) in [4.78, 5) is 0. The number of aryl methyl sites for hydroxylation is 1. The van der Waals surface area contributed by atoms with Gasteiger partial charge >= 0.3 is 0 Å². The van der Waals surface area contributed by atoms with Crippen molar-refractivity contribution >= 4 is 29.6 Å². The Labute approximate surface area is 128 Å². The molecule has 0 heterocycles. The van der Waals surface area contributed by atoms with Crippen LogP contribution >= 0.6 is 0 Å². The molecule has 1 aromatic rings. The Morgan fingerprint density at radius 1 is 0.882 bits per heavy atom. The Hall–Kier alpha value is 0.0200. The van der Waals surface area contributed by atoms with Gasteiger partial charge in [-0.15, -0.1) is 0 Å². The van der Waals surface area contributed by atoms with E-state index >= 15 is 0 Å². The van der Waals surface area contributed by atoms with Gasteiger partial charge in [-0.05, 0) is 24.5 Å². The van der Waals surface area contributed by atoms with Gasteiger partial charge in [0.05, 0.1) is 0 Å². The van der Waals surface area contributed by atoms with E-state index in [1.807, 2.05) is 18.2 Å². The van der Waals surface area contributed by atoms with Crippen molar-refractivity contribution in [2.45, 2.75) is 58.3 Å². The number of rotatable bonds is 8. The number of aromatic hydroxyl groups is 1. The van der Waals surface area contributed by atoms with Crippen molar-refractivity contribution in [3.63, 3.8) is 0 Å². The summed E-state index contributed by atoms with van der Waals surface area (Å²) in [5.41, 5.74) is 1.09. The summed E-state index contributed by atoms with van der Waals surface area (Å²) in [7, 11) is 0. The van der Waals surface area contributed by atoms with Crippen molar-refractivity contribution < 1.29 is 5.11 Å². The van der Waals surface area contributed by atoms with E-state index in [0.29, 0.717) is 5.75 Å². The zero-order valence-corrected chi connectivity index (χ0v) is 13.4. The third-order valence-electron chi connectivity index (χ3n) is 3.04. The molecule has 0 saturated heterocycles. The molecule has 1 rings (SSSR count). The van der Waals surface area contributed by atoms with Crippen molar-refractivity contribution in [2.75, 3.05) is 0 Å². The molecule has 1 nitrogen and oxygen atoms in total. The van der Waals surface area contributed by atoms with Gasteiger partial charge in [-0.3, -0.25) is 0 Å². The van der Waals surface area contributed by atoms with E-state index in [4.69, 9.17) is 0 Å².